The largest absolute Gasteiger partial charge is 0.467 e. The van der Waals surface area contributed by atoms with Gasteiger partial charge < -0.3 is 9.64 Å². The topological polar surface area (TPSA) is 55.3 Å². The van der Waals surface area contributed by atoms with Crippen LogP contribution in [-0.4, -0.2) is 40.5 Å². The van der Waals surface area contributed by atoms with E-state index >= 15 is 0 Å². The Morgan fingerprint density at radius 1 is 1.07 bits per heavy atom. The first kappa shape index (κ1) is 20.2. The molecule has 0 unspecified atom stereocenters. The van der Waals surface area contributed by atoms with Gasteiger partial charge in [0, 0.05) is 24.2 Å². The van der Waals surface area contributed by atoms with E-state index in [0.717, 1.165) is 68.4 Å². The molecular formula is C22H28FN3O2. The zero-order valence-electron chi connectivity index (χ0n) is 16.7. The van der Waals surface area contributed by atoms with Gasteiger partial charge in [0.25, 0.3) is 5.91 Å². The summed E-state index contributed by atoms with van der Waals surface area (Å²) in [6.45, 7) is 5.57. The van der Waals surface area contributed by atoms with E-state index in [4.69, 9.17) is 4.74 Å². The Bertz CT molecular complexity index is 802. The normalized spacial score (nSPS) is 13.1. The third-order valence-electron chi connectivity index (χ3n) is 4.92. The lowest BCUT2D eigenvalue weighted by molar-refractivity contribution is -0.133. The Balaban J connectivity index is 1.83. The summed E-state index contributed by atoms with van der Waals surface area (Å²) in [5.41, 5.74) is 2.72. The van der Waals surface area contributed by atoms with E-state index in [1.54, 1.807) is 12.1 Å². The minimum Gasteiger partial charge on any atom is -0.467 e. The predicted octanol–water partition coefficient (Wildman–Crippen LogP) is 4.19. The van der Waals surface area contributed by atoms with Crippen LogP contribution in [0.25, 0.3) is 11.4 Å². The number of benzene rings is 1. The lowest BCUT2D eigenvalue weighted by Gasteiger charge is -2.23. The molecule has 150 valence electrons. The fourth-order valence-electron chi connectivity index (χ4n) is 3.53. The van der Waals surface area contributed by atoms with Crippen LogP contribution in [0.1, 0.15) is 50.8 Å². The van der Waals surface area contributed by atoms with Gasteiger partial charge in [0.2, 0.25) is 5.88 Å². The van der Waals surface area contributed by atoms with E-state index in [1.165, 1.54) is 12.1 Å². The number of carbonyl (C=O) groups is 1. The summed E-state index contributed by atoms with van der Waals surface area (Å²) < 4.78 is 19.2. The van der Waals surface area contributed by atoms with Crippen molar-refractivity contribution in [3.8, 4) is 17.3 Å². The number of ether oxygens (including phenoxy) is 1. The van der Waals surface area contributed by atoms with Gasteiger partial charge >= 0.3 is 0 Å². The van der Waals surface area contributed by atoms with Gasteiger partial charge in [-0.2, -0.15) is 4.98 Å². The highest BCUT2D eigenvalue weighted by Gasteiger charge is 2.21. The molecule has 3 rings (SSSR count). The van der Waals surface area contributed by atoms with Gasteiger partial charge in [-0.25, -0.2) is 9.37 Å². The number of aryl methyl sites for hydroxylation is 1. The van der Waals surface area contributed by atoms with E-state index in [1.807, 2.05) is 4.90 Å². The molecule has 1 aliphatic carbocycles. The monoisotopic (exact) mass is 385 g/mol. The highest BCUT2D eigenvalue weighted by Crippen LogP contribution is 2.30. The Labute approximate surface area is 166 Å². The number of halogens is 1. The van der Waals surface area contributed by atoms with Gasteiger partial charge in [-0.15, -0.1) is 0 Å². The summed E-state index contributed by atoms with van der Waals surface area (Å²) in [7, 11) is 0. The molecule has 0 bridgehead atoms. The summed E-state index contributed by atoms with van der Waals surface area (Å²) in [5.74, 6) is 0.693. The fraction of sp³-hybridized carbons (Fsp3) is 0.500. The van der Waals surface area contributed by atoms with Crippen LogP contribution >= 0.6 is 0 Å². The molecule has 1 amide bonds. The highest BCUT2D eigenvalue weighted by atomic mass is 19.1. The summed E-state index contributed by atoms with van der Waals surface area (Å²) >= 11 is 0. The first-order chi connectivity index (χ1) is 13.6. The van der Waals surface area contributed by atoms with Crippen molar-refractivity contribution in [2.24, 2.45) is 0 Å². The quantitative estimate of drug-likeness (QED) is 0.684. The summed E-state index contributed by atoms with van der Waals surface area (Å²) in [6, 6.07) is 6.13. The number of rotatable bonds is 8. The molecule has 1 aliphatic rings. The van der Waals surface area contributed by atoms with Crippen LogP contribution in [0, 0.1) is 5.82 Å². The van der Waals surface area contributed by atoms with Crippen molar-refractivity contribution in [1.29, 1.82) is 0 Å². The van der Waals surface area contributed by atoms with Crippen molar-refractivity contribution in [1.82, 2.24) is 14.9 Å². The van der Waals surface area contributed by atoms with Gasteiger partial charge in [0.1, 0.15) is 5.82 Å². The van der Waals surface area contributed by atoms with E-state index in [0.29, 0.717) is 11.7 Å². The molecule has 1 aromatic carbocycles. The molecule has 6 heteroatoms. The van der Waals surface area contributed by atoms with E-state index < -0.39 is 0 Å². The molecular weight excluding hydrogens is 357 g/mol. The number of nitrogens with zero attached hydrogens (tertiary/aromatic N) is 3. The van der Waals surface area contributed by atoms with Crippen LogP contribution in [0.15, 0.2) is 24.3 Å². The maximum atomic E-state index is 13.3. The first-order valence-corrected chi connectivity index (χ1v) is 10.2. The van der Waals surface area contributed by atoms with Crippen molar-refractivity contribution in [3.05, 3.63) is 41.3 Å². The standard InChI is InChI=1S/C22H28FN3O2/c1-3-13-26(14-4-2)20(27)15-28-22-18-7-5-6-8-19(18)24-21(25-22)16-9-11-17(23)12-10-16/h9-12H,3-8,13-15H2,1-2H3. The molecule has 2 aromatic rings. The predicted molar refractivity (Wildman–Crippen MR) is 107 cm³/mol. The van der Waals surface area contributed by atoms with Crippen molar-refractivity contribution < 1.29 is 13.9 Å². The molecule has 28 heavy (non-hydrogen) atoms. The number of fused-ring (bicyclic) bond motifs is 1. The van der Waals surface area contributed by atoms with Gasteiger partial charge in [-0.05, 0) is 62.8 Å². The molecule has 0 radical (unpaired) electrons. The average molecular weight is 385 g/mol. The van der Waals surface area contributed by atoms with Gasteiger partial charge in [-0.3, -0.25) is 4.79 Å². The zero-order valence-corrected chi connectivity index (χ0v) is 16.7. The number of carbonyl (C=O) groups excluding carboxylic acids is 1. The Morgan fingerprint density at radius 3 is 2.43 bits per heavy atom. The molecule has 1 heterocycles. The third kappa shape index (κ3) is 4.86. The van der Waals surface area contributed by atoms with Gasteiger partial charge in [-0.1, -0.05) is 13.8 Å². The number of aromatic nitrogens is 2. The number of hydrogen-bond donors (Lipinski definition) is 0. The second-order valence-corrected chi connectivity index (χ2v) is 7.16. The molecule has 0 fully saturated rings. The van der Waals surface area contributed by atoms with Crippen molar-refractivity contribution in [2.45, 2.75) is 52.4 Å². The van der Waals surface area contributed by atoms with E-state index in [-0.39, 0.29) is 18.3 Å². The Morgan fingerprint density at radius 2 is 1.75 bits per heavy atom. The SMILES string of the molecule is CCCN(CCC)C(=O)COc1nc(-c2ccc(F)cc2)nc2c1CCCC2. The minimum absolute atomic E-state index is 0.0183. The second kappa shape index (κ2) is 9.62. The maximum absolute atomic E-state index is 13.3. The third-order valence-corrected chi connectivity index (χ3v) is 4.92. The smallest absolute Gasteiger partial charge is 0.260 e. The maximum Gasteiger partial charge on any atom is 0.260 e. The van der Waals surface area contributed by atoms with Gasteiger partial charge in [0.15, 0.2) is 12.4 Å². The van der Waals surface area contributed by atoms with Crippen LogP contribution in [0.5, 0.6) is 5.88 Å². The van der Waals surface area contributed by atoms with Crippen molar-refractivity contribution in [2.75, 3.05) is 19.7 Å². The van der Waals surface area contributed by atoms with Crippen LogP contribution in [-0.2, 0) is 17.6 Å². The summed E-state index contributed by atoms with van der Waals surface area (Å²) in [6.07, 6.45) is 5.71. The molecule has 0 atom stereocenters. The molecule has 0 spiro atoms. The molecule has 1 aromatic heterocycles. The van der Waals surface area contributed by atoms with Crippen LogP contribution < -0.4 is 4.74 Å². The van der Waals surface area contributed by atoms with Crippen molar-refractivity contribution in [3.63, 3.8) is 0 Å². The number of hydrogen-bond acceptors (Lipinski definition) is 4. The Hall–Kier alpha value is -2.50. The van der Waals surface area contributed by atoms with E-state index in [9.17, 15) is 9.18 Å². The molecule has 5 nitrogen and oxygen atoms in total. The molecule has 0 aliphatic heterocycles. The number of amides is 1. The lowest BCUT2D eigenvalue weighted by atomic mass is 9.96. The van der Waals surface area contributed by atoms with Crippen LogP contribution in [0.4, 0.5) is 4.39 Å². The fourth-order valence-corrected chi connectivity index (χ4v) is 3.53. The average Bonchev–Trinajstić information content (AvgIpc) is 2.72. The Kier molecular flexibility index (Phi) is 6.95. The summed E-state index contributed by atoms with van der Waals surface area (Å²) in [5, 5.41) is 0. The zero-order chi connectivity index (χ0) is 19.9. The lowest BCUT2D eigenvalue weighted by Crippen LogP contribution is -2.36. The molecule has 0 saturated heterocycles. The molecule has 0 saturated carbocycles. The first-order valence-electron chi connectivity index (χ1n) is 10.2. The second-order valence-electron chi connectivity index (χ2n) is 7.16. The van der Waals surface area contributed by atoms with Crippen molar-refractivity contribution >= 4 is 5.91 Å². The molecule has 0 N–H and O–H groups in total. The minimum atomic E-state index is -0.296. The summed E-state index contributed by atoms with van der Waals surface area (Å²) in [4.78, 5) is 23.7. The van der Waals surface area contributed by atoms with Gasteiger partial charge in [0.05, 0.1) is 5.69 Å². The highest BCUT2D eigenvalue weighted by molar-refractivity contribution is 5.77. The van der Waals surface area contributed by atoms with Crippen LogP contribution in [0.3, 0.4) is 0 Å². The van der Waals surface area contributed by atoms with Crippen LogP contribution in [0.2, 0.25) is 0 Å². The van der Waals surface area contributed by atoms with E-state index in [2.05, 4.69) is 23.8 Å².